The summed E-state index contributed by atoms with van der Waals surface area (Å²) in [5, 5.41) is 0. The van der Waals surface area contributed by atoms with Crippen LogP contribution in [-0.4, -0.2) is 0 Å². The van der Waals surface area contributed by atoms with Crippen LogP contribution >= 0.6 is 0 Å². The van der Waals surface area contributed by atoms with Gasteiger partial charge in [0.1, 0.15) is 0 Å². The van der Waals surface area contributed by atoms with Crippen molar-refractivity contribution in [3.8, 4) is 0 Å². The number of unbranched alkanes of at least 4 members (excludes halogenated alkanes) is 4. The summed E-state index contributed by atoms with van der Waals surface area (Å²) in [7, 11) is 0. The zero-order valence-electron chi connectivity index (χ0n) is 14.6. The van der Waals surface area contributed by atoms with Crippen molar-refractivity contribution in [2.45, 2.75) is 112 Å². The lowest BCUT2D eigenvalue weighted by Crippen LogP contribution is -2.23. The summed E-state index contributed by atoms with van der Waals surface area (Å²) in [6.45, 7) is 11.9. The molecule has 0 aromatic heterocycles. The highest BCUT2D eigenvalue weighted by molar-refractivity contribution is 4.80. The third-order valence-electron chi connectivity index (χ3n) is 5.33. The van der Waals surface area contributed by atoms with Gasteiger partial charge in [0.15, 0.2) is 0 Å². The second kappa shape index (κ2) is 11.8. The van der Waals surface area contributed by atoms with Gasteiger partial charge in [0, 0.05) is 0 Å². The van der Waals surface area contributed by atoms with E-state index in [1.807, 2.05) is 0 Å². The van der Waals surface area contributed by atoms with Crippen molar-refractivity contribution < 1.29 is 0 Å². The molecule has 0 bridgehead atoms. The van der Waals surface area contributed by atoms with E-state index in [2.05, 4.69) is 34.6 Å². The van der Waals surface area contributed by atoms with Gasteiger partial charge in [0.2, 0.25) is 0 Å². The predicted molar refractivity (Wildman–Crippen MR) is 89.7 cm³/mol. The van der Waals surface area contributed by atoms with Crippen LogP contribution in [0.5, 0.6) is 0 Å². The van der Waals surface area contributed by atoms with Gasteiger partial charge in [-0.2, -0.15) is 0 Å². The maximum absolute atomic E-state index is 2.43. The SMILES string of the molecule is CCCCCCC(CC)(CC)CC(CC)CCCC. The Balaban J connectivity index is 4.31. The van der Waals surface area contributed by atoms with E-state index in [0.717, 1.165) is 5.92 Å². The van der Waals surface area contributed by atoms with E-state index in [1.54, 1.807) is 0 Å². The van der Waals surface area contributed by atoms with E-state index < -0.39 is 0 Å². The molecule has 19 heavy (non-hydrogen) atoms. The molecule has 0 aliphatic heterocycles. The molecule has 0 spiro atoms. The smallest absolute Gasteiger partial charge is 0.0300 e. The summed E-state index contributed by atoms with van der Waals surface area (Å²) in [6, 6.07) is 0. The molecule has 0 nitrogen and oxygen atoms in total. The highest BCUT2D eigenvalue weighted by Crippen LogP contribution is 2.41. The van der Waals surface area contributed by atoms with E-state index in [0.29, 0.717) is 5.41 Å². The van der Waals surface area contributed by atoms with Crippen LogP contribution in [0.3, 0.4) is 0 Å². The average molecular weight is 269 g/mol. The zero-order chi connectivity index (χ0) is 14.6. The van der Waals surface area contributed by atoms with E-state index in [1.165, 1.54) is 77.0 Å². The quantitative estimate of drug-likeness (QED) is 0.306. The molecule has 0 rings (SSSR count). The molecule has 0 saturated carbocycles. The minimum absolute atomic E-state index is 0.655. The van der Waals surface area contributed by atoms with Crippen LogP contribution in [0.2, 0.25) is 0 Å². The molecule has 0 N–H and O–H groups in total. The summed E-state index contributed by atoms with van der Waals surface area (Å²) in [5.74, 6) is 0.978. The molecular formula is C19H40. The number of hydrogen-bond acceptors (Lipinski definition) is 0. The van der Waals surface area contributed by atoms with Crippen LogP contribution in [0.15, 0.2) is 0 Å². The molecule has 0 saturated heterocycles. The molecule has 0 heterocycles. The van der Waals surface area contributed by atoms with Crippen molar-refractivity contribution in [2.75, 3.05) is 0 Å². The number of hydrogen-bond donors (Lipinski definition) is 0. The normalized spacial score (nSPS) is 13.7. The fourth-order valence-corrected chi connectivity index (χ4v) is 3.48. The Labute approximate surface area is 123 Å². The Kier molecular flexibility index (Phi) is 11.8. The van der Waals surface area contributed by atoms with Gasteiger partial charge in [0.25, 0.3) is 0 Å². The Bertz CT molecular complexity index is 178. The van der Waals surface area contributed by atoms with E-state index in [-0.39, 0.29) is 0 Å². The first kappa shape index (κ1) is 19.0. The van der Waals surface area contributed by atoms with E-state index >= 15 is 0 Å². The largest absolute Gasteiger partial charge is 0.0654 e. The summed E-state index contributed by atoms with van der Waals surface area (Å²) in [5.41, 5.74) is 0.655. The van der Waals surface area contributed by atoms with Crippen LogP contribution < -0.4 is 0 Å². The third kappa shape index (κ3) is 8.00. The first-order valence-electron chi connectivity index (χ1n) is 9.17. The molecule has 1 atom stereocenters. The van der Waals surface area contributed by atoms with Crippen LogP contribution in [0, 0.1) is 11.3 Å². The standard InChI is InChI=1S/C19H40/c1-6-11-13-14-16-19(9-4,10-5)17-18(8-3)15-12-7-2/h18H,6-17H2,1-5H3. The van der Waals surface area contributed by atoms with Gasteiger partial charge in [-0.3, -0.25) is 0 Å². The molecule has 0 aliphatic carbocycles. The molecule has 1 unspecified atom stereocenters. The highest BCUT2D eigenvalue weighted by atomic mass is 14.3. The summed E-state index contributed by atoms with van der Waals surface area (Å²) < 4.78 is 0. The van der Waals surface area contributed by atoms with Crippen molar-refractivity contribution in [2.24, 2.45) is 11.3 Å². The lowest BCUT2D eigenvalue weighted by atomic mass is 9.70. The monoisotopic (exact) mass is 268 g/mol. The minimum atomic E-state index is 0.655. The Hall–Kier alpha value is 0. The topological polar surface area (TPSA) is 0 Å². The Morgan fingerprint density at radius 2 is 1.37 bits per heavy atom. The van der Waals surface area contributed by atoms with Gasteiger partial charge in [-0.25, -0.2) is 0 Å². The summed E-state index contributed by atoms with van der Waals surface area (Å²) in [6.07, 6.45) is 17.1. The lowest BCUT2D eigenvalue weighted by molar-refractivity contribution is 0.163. The molecular weight excluding hydrogens is 228 g/mol. The van der Waals surface area contributed by atoms with Gasteiger partial charge >= 0.3 is 0 Å². The average Bonchev–Trinajstić information content (AvgIpc) is 2.46. The molecule has 0 radical (unpaired) electrons. The molecule has 116 valence electrons. The van der Waals surface area contributed by atoms with Gasteiger partial charge in [-0.15, -0.1) is 0 Å². The molecule has 0 aliphatic rings. The van der Waals surface area contributed by atoms with Crippen LogP contribution in [0.25, 0.3) is 0 Å². The van der Waals surface area contributed by atoms with Crippen molar-refractivity contribution in [3.63, 3.8) is 0 Å². The maximum atomic E-state index is 2.43. The summed E-state index contributed by atoms with van der Waals surface area (Å²) in [4.78, 5) is 0. The van der Waals surface area contributed by atoms with Crippen molar-refractivity contribution in [1.82, 2.24) is 0 Å². The first-order chi connectivity index (χ1) is 9.17. The van der Waals surface area contributed by atoms with Crippen molar-refractivity contribution in [1.29, 1.82) is 0 Å². The molecule has 0 fully saturated rings. The second-order valence-corrected chi connectivity index (χ2v) is 6.64. The number of rotatable bonds is 13. The fraction of sp³-hybridized carbons (Fsp3) is 1.00. The molecule has 0 heteroatoms. The molecule has 0 amide bonds. The van der Waals surface area contributed by atoms with Gasteiger partial charge in [0.05, 0.1) is 0 Å². The van der Waals surface area contributed by atoms with Crippen LogP contribution in [0.1, 0.15) is 112 Å². The molecule has 0 aromatic carbocycles. The van der Waals surface area contributed by atoms with E-state index in [4.69, 9.17) is 0 Å². The maximum Gasteiger partial charge on any atom is -0.0300 e. The van der Waals surface area contributed by atoms with Crippen LogP contribution in [0.4, 0.5) is 0 Å². The first-order valence-corrected chi connectivity index (χ1v) is 9.17. The molecule has 0 aromatic rings. The van der Waals surface area contributed by atoms with Gasteiger partial charge < -0.3 is 0 Å². The van der Waals surface area contributed by atoms with Gasteiger partial charge in [-0.05, 0) is 24.2 Å². The third-order valence-corrected chi connectivity index (χ3v) is 5.33. The predicted octanol–water partition coefficient (Wildman–Crippen LogP) is 7.37. The highest BCUT2D eigenvalue weighted by Gasteiger charge is 2.28. The zero-order valence-corrected chi connectivity index (χ0v) is 14.6. The van der Waals surface area contributed by atoms with Crippen LogP contribution in [-0.2, 0) is 0 Å². The summed E-state index contributed by atoms with van der Waals surface area (Å²) >= 11 is 0. The van der Waals surface area contributed by atoms with E-state index in [9.17, 15) is 0 Å². The minimum Gasteiger partial charge on any atom is -0.0654 e. The van der Waals surface area contributed by atoms with Gasteiger partial charge in [-0.1, -0.05) is 98.8 Å². The Morgan fingerprint density at radius 3 is 1.84 bits per heavy atom. The Morgan fingerprint density at radius 1 is 0.737 bits per heavy atom. The second-order valence-electron chi connectivity index (χ2n) is 6.64. The fourth-order valence-electron chi connectivity index (χ4n) is 3.48. The lowest BCUT2D eigenvalue weighted by Gasteiger charge is -2.35. The van der Waals surface area contributed by atoms with Crippen molar-refractivity contribution >= 4 is 0 Å². The van der Waals surface area contributed by atoms with Crippen molar-refractivity contribution in [3.05, 3.63) is 0 Å².